The number of rotatable bonds is 6. The Labute approximate surface area is 75.1 Å². The van der Waals surface area contributed by atoms with E-state index in [2.05, 4.69) is 26.1 Å². The topological polar surface area (TPSA) is 41.5 Å². The molecule has 0 aliphatic rings. The fraction of sp³-hybridized carbons (Fsp3) is 1.00. The van der Waals surface area contributed by atoms with Crippen molar-refractivity contribution in [1.82, 2.24) is 5.32 Å². The number of ether oxygens (including phenoxy) is 1. The molecule has 0 aliphatic carbocycles. The third-order valence-corrected chi connectivity index (χ3v) is 2.16. The number of likely N-dealkylation sites (N-methyl/N-ethyl adjacent to an activating group) is 1. The van der Waals surface area contributed by atoms with Crippen molar-refractivity contribution in [3.05, 3.63) is 0 Å². The first-order chi connectivity index (χ1) is 5.55. The van der Waals surface area contributed by atoms with Crippen molar-refractivity contribution in [1.29, 1.82) is 0 Å². The monoisotopic (exact) mass is 175 g/mol. The van der Waals surface area contributed by atoms with Gasteiger partial charge in [0.05, 0.1) is 24.9 Å². The van der Waals surface area contributed by atoms with Crippen LogP contribution in [0.5, 0.6) is 0 Å². The Bertz CT molecular complexity index is 111. The van der Waals surface area contributed by atoms with E-state index in [4.69, 9.17) is 9.84 Å². The second-order valence-corrected chi connectivity index (χ2v) is 3.59. The smallest absolute Gasteiger partial charge is 0.0649 e. The van der Waals surface area contributed by atoms with Crippen LogP contribution in [0.25, 0.3) is 0 Å². The van der Waals surface area contributed by atoms with Crippen molar-refractivity contribution in [2.24, 2.45) is 0 Å². The zero-order chi connectivity index (χ0) is 9.61. The molecule has 74 valence electrons. The maximum atomic E-state index is 8.85. The molecule has 3 heteroatoms. The van der Waals surface area contributed by atoms with Crippen molar-refractivity contribution in [2.75, 3.05) is 20.3 Å². The molecule has 0 saturated carbocycles. The highest BCUT2D eigenvalue weighted by atomic mass is 16.5. The molecule has 0 bridgehead atoms. The SMILES string of the molecule is CCC(C)(C)OCC(CO)NC. The molecule has 3 nitrogen and oxygen atoms in total. The van der Waals surface area contributed by atoms with E-state index in [1.807, 2.05) is 7.05 Å². The molecule has 12 heavy (non-hydrogen) atoms. The second kappa shape index (κ2) is 5.51. The van der Waals surface area contributed by atoms with Gasteiger partial charge in [-0.2, -0.15) is 0 Å². The maximum absolute atomic E-state index is 8.85. The van der Waals surface area contributed by atoms with Gasteiger partial charge in [0.2, 0.25) is 0 Å². The van der Waals surface area contributed by atoms with Crippen LogP contribution < -0.4 is 5.32 Å². The third-order valence-electron chi connectivity index (χ3n) is 2.16. The summed E-state index contributed by atoms with van der Waals surface area (Å²) in [6.45, 7) is 6.88. The Kier molecular flexibility index (Phi) is 5.46. The van der Waals surface area contributed by atoms with E-state index in [-0.39, 0.29) is 18.2 Å². The van der Waals surface area contributed by atoms with Gasteiger partial charge in [-0.25, -0.2) is 0 Å². The Morgan fingerprint density at radius 2 is 2.08 bits per heavy atom. The molecule has 0 aromatic carbocycles. The van der Waals surface area contributed by atoms with Gasteiger partial charge in [0.25, 0.3) is 0 Å². The lowest BCUT2D eigenvalue weighted by atomic mass is 10.1. The molecule has 0 heterocycles. The summed E-state index contributed by atoms with van der Waals surface area (Å²) in [7, 11) is 1.82. The van der Waals surface area contributed by atoms with Gasteiger partial charge in [-0.05, 0) is 27.3 Å². The molecule has 0 rings (SSSR count). The quantitative estimate of drug-likeness (QED) is 0.626. The van der Waals surface area contributed by atoms with Crippen LogP contribution in [0, 0.1) is 0 Å². The number of hydrogen-bond acceptors (Lipinski definition) is 3. The maximum Gasteiger partial charge on any atom is 0.0649 e. The highest BCUT2D eigenvalue weighted by molar-refractivity contribution is 4.69. The zero-order valence-corrected chi connectivity index (χ0v) is 8.55. The molecule has 0 spiro atoms. The Balaban J connectivity index is 3.65. The van der Waals surface area contributed by atoms with Crippen LogP contribution in [-0.2, 0) is 4.74 Å². The normalized spacial score (nSPS) is 14.8. The van der Waals surface area contributed by atoms with Crippen molar-refractivity contribution < 1.29 is 9.84 Å². The summed E-state index contributed by atoms with van der Waals surface area (Å²) in [5, 5.41) is 11.8. The first-order valence-corrected chi connectivity index (χ1v) is 4.47. The molecule has 0 aliphatic heterocycles. The summed E-state index contributed by atoms with van der Waals surface area (Å²) in [5.41, 5.74) is -0.0791. The second-order valence-electron chi connectivity index (χ2n) is 3.59. The van der Waals surface area contributed by atoms with E-state index in [0.717, 1.165) is 6.42 Å². The fourth-order valence-corrected chi connectivity index (χ4v) is 0.656. The molecule has 2 N–H and O–H groups in total. The fourth-order valence-electron chi connectivity index (χ4n) is 0.656. The van der Waals surface area contributed by atoms with Gasteiger partial charge in [-0.1, -0.05) is 6.92 Å². The Hall–Kier alpha value is -0.120. The molecule has 0 aromatic heterocycles. The van der Waals surface area contributed by atoms with Crippen LogP contribution in [0.3, 0.4) is 0 Å². The molecule has 0 aromatic rings. The Morgan fingerprint density at radius 3 is 2.42 bits per heavy atom. The first-order valence-electron chi connectivity index (χ1n) is 4.47. The van der Waals surface area contributed by atoms with E-state index in [9.17, 15) is 0 Å². The van der Waals surface area contributed by atoms with Gasteiger partial charge in [0.1, 0.15) is 0 Å². The largest absolute Gasteiger partial charge is 0.395 e. The van der Waals surface area contributed by atoms with Gasteiger partial charge >= 0.3 is 0 Å². The molecular weight excluding hydrogens is 154 g/mol. The minimum Gasteiger partial charge on any atom is -0.395 e. The van der Waals surface area contributed by atoms with Gasteiger partial charge in [0.15, 0.2) is 0 Å². The first kappa shape index (κ1) is 11.9. The summed E-state index contributed by atoms with van der Waals surface area (Å²) in [4.78, 5) is 0. The van der Waals surface area contributed by atoms with E-state index >= 15 is 0 Å². The van der Waals surface area contributed by atoms with Crippen LogP contribution in [0.4, 0.5) is 0 Å². The molecule has 0 radical (unpaired) electrons. The van der Waals surface area contributed by atoms with Gasteiger partial charge in [0, 0.05) is 0 Å². The number of hydrogen-bond donors (Lipinski definition) is 2. The molecule has 0 amide bonds. The average molecular weight is 175 g/mol. The predicted molar refractivity (Wildman–Crippen MR) is 50.3 cm³/mol. The van der Waals surface area contributed by atoms with Crippen LogP contribution >= 0.6 is 0 Å². The van der Waals surface area contributed by atoms with Gasteiger partial charge in [-0.15, -0.1) is 0 Å². The molecule has 0 fully saturated rings. The standard InChI is InChI=1S/C9H21NO2/c1-5-9(2,3)12-7-8(6-11)10-4/h8,10-11H,5-7H2,1-4H3. The van der Waals surface area contributed by atoms with E-state index in [1.165, 1.54) is 0 Å². The third kappa shape index (κ3) is 4.70. The molecule has 1 atom stereocenters. The van der Waals surface area contributed by atoms with E-state index in [1.54, 1.807) is 0 Å². The summed E-state index contributed by atoms with van der Waals surface area (Å²) in [5.74, 6) is 0. The lowest BCUT2D eigenvalue weighted by molar-refractivity contribution is -0.0353. The summed E-state index contributed by atoms with van der Waals surface area (Å²) in [6, 6.07) is 0.0517. The summed E-state index contributed by atoms with van der Waals surface area (Å²) in [6.07, 6.45) is 0.981. The number of aliphatic hydroxyl groups excluding tert-OH is 1. The highest BCUT2D eigenvalue weighted by Crippen LogP contribution is 2.13. The average Bonchev–Trinajstić information content (AvgIpc) is 2.06. The minimum atomic E-state index is -0.0791. The minimum absolute atomic E-state index is 0.0517. The van der Waals surface area contributed by atoms with Crippen molar-refractivity contribution in [3.8, 4) is 0 Å². The predicted octanol–water partition coefficient (Wildman–Crippen LogP) is 0.772. The number of aliphatic hydroxyl groups is 1. The molecule has 1 unspecified atom stereocenters. The number of nitrogens with one attached hydrogen (secondary N) is 1. The Morgan fingerprint density at radius 1 is 1.50 bits per heavy atom. The lowest BCUT2D eigenvalue weighted by Gasteiger charge is -2.26. The highest BCUT2D eigenvalue weighted by Gasteiger charge is 2.17. The van der Waals surface area contributed by atoms with Crippen molar-refractivity contribution in [3.63, 3.8) is 0 Å². The van der Waals surface area contributed by atoms with Crippen LogP contribution in [0.1, 0.15) is 27.2 Å². The molecular formula is C9H21NO2. The van der Waals surface area contributed by atoms with Gasteiger partial charge < -0.3 is 15.2 Å². The summed E-state index contributed by atoms with van der Waals surface area (Å²) >= 11 is 0. The van der Waals surface area contributed by atoms with Crippen LogP contribution in [0.15, 0.2) is 0 Å². The van der Waals surface area contributed by atoms with Crippen molar-refractivity contribution >= 4 is 0 Å². The lowest BCUT2D eigenvalue weighted by Crippen LogP contribution is -2.37. The van der Waals surface area contributed by atoms with E-state index < -0.39 is 0 Å². The van der Waals surface area contributed by atoms with Crippen LogP contribution in [-0.4, -0.2) is 37.0 Å². The summed E-state index contributed by atoms with van der Waals surface area (Å²) < 4.78 is 5.60. The van der Waals surface area contributed by atoms with E-state index in [0.29, 0.717) is 6.61 Å². The zero-order valence-electron chi connectivity index (χ0n) is 8.55. The van der Waals surface area contributed by atoms with Crippen LogP contribution in [0.2, 0.25) is 0 Å². The molecule has 0 saturated heterocycles. The van der Waals surface area contributed by atoms with Gasteiger partial charge in [-0.3, -0.25) is 0 Å². The van der Waals surface area contributed by atoms with Crippen molar-refractivity contribution in [2.45, 2.75) is 38.8 Å².